The molecule has 6 nitrogen and oxygen atoms in total. The highest BCUT2D eigenvalue weighted by Crippen LogP contribution is 2.25. The van der Waals surface area contributed by atoms with Crippen LogP contribution in [0.2, 0.25) is 0 Å². The normalized spacial score (nSPS) is 15.4. The zero-order chi connectivity index (χ0) is 15.4. The van der Waals surface area contributed by atoms with Gasteiger partial charge in [0.2, 0.25) is 0 Å². The SMILES string of the molecule is COc1ccc(-c2c(CO)nnn2CCN2CCCC2)cc1. The fourth-order valence-electron chi connectivity index (χ4n) is 2.92. The fraction of sp³-hybridized carbons (Fsp3) is 0.500. The molecule has 0 bridgehead atoms. The lowest BCUT2D eigenvalue weighted by Gasteiger charge is -2.15. The highest BCUT2D eigenvalue weighted by molar-refractivity contribution is 5.62. The van der Waals surface area contributed by atoms with Gasteiger partial charge in [-0.1, -0.05) is 5.21 Å². The molecule has 3 rings (SSSR count). The molecule has 1 aromatic carbocycles. The van der Waals surface area contributed by atoms with Crippen LogP contribution >= 0.6 is 0 Å². The first-order valence-corrected chi connectivity index (χ1v) is 7.72. The van der Waals surface area contributed by atoms with Crippen LogP contribution < -0.4 is 4.74 Å². The van der Waals surface area contributed by atoms with E-state index in [1.165, 1.54) is 25.9 Å². The first-order chi connectivity index (χ1) is 10.8. The minimum atomic E-state index is -0.106. The van der Waals surface area contributed by atoms with E-state index in [2.05, 4.69) is 15.2 Å². The number of hydrogen-bond acceptors (Lipinski definition) is 5. The average Bonchev–Trinajstić information content (AvgIpc) is 3.22. The van der Waals surface area contributed by atoms with Crippen LogP contribution in [-0.4, -0.2) is 51.7 Å². The fourth-order valence-corrected chi connectivity index (χ4v) is 2.92. The Labute approximate surface area is 130 Å². The summed E-state index contributed by atoms with van der Waals surface area (Å²) in [6.07, 6.45) is 2.56. The first kappa shape index (κ1) is 15.0. The van der Waals surface area contributed by atoms with Gasteiger partial charge in [-0.05, 0) is 50.2 Å². The number of rotatable bonds is 6. The second-order valence-electron chi connectivity index (χ2n) is 5.54. The van der Waals surface area contributed by atoms with Crippen LogP contribution in [0.1, 0.15) is 18.5 Å². The molecular weight excluding hydrogens is 280 g/mol. The third-order valence-corrected chi connectivity index (χ3v) is 4.14. The summed E-state index contributed by atoms with van der Waals surface area (Å²) in [5, 5.41) is 17.9. The predicted molar refractivity (Wildman–Crippen MR) is 83.6 cm³/mol. The third kappa shape index (κ3) is 3.13. The number of aliphatic hydroxyl groups is 1. The van der Waals surface area contributed by atoms with Gasteiger partial charge in [0.05, 0.1) is 26.0 Å². The predicted octanol–water partition coefficient (Wildman–Crippen LogP) is 1.54. The van der Waals surface area contributed by atoms with Crippen molar-refractivity contribution >= 4 is 0 Å². The van der Waals surface area contributed by atoms with E-state index in [4.69, 9.17) is 4.74 Å². The zero-order valence-corrected chi connectivity index (χ0v) is 12.9. The quantitative estimate of drug-likeness (QED) is 0.877. The Morgan fingerprint density at radius 2 is 1.86 bits per heavy atom. The van der Waals surface area contributed by atoms with Gasteiger partial charge in [-0.2, -0.15) is 0 Å². The molecule has 0 saturated carbocycles. The topological polar surface area (TPSA) is 63.4 Å². The van der Waals surface area contributed by atoms with Gasteiger partial charge in [0.1, 0.15) is 11.4 Å². The maximum Gasteiger partial charge on any atom is 0.118 e. The van der Waals surface area contributed by atoms with Gasteiger partial charge in [-0.15, -0.1) is 5.10 Å². The molecule has 0 spiro atoms. The molecule has 1 aromatic heterocycles. The molecule has 118 valence electrons. The van der Waals surface area contributed by atoms with Crippen molar-refractivity contribution in [3.05, 3.63) is 30.0 Å². The number of nitrogens with zero attached hydrogens (tertiary/aromatic N) is 4. The minimum Gasteiger partial charge on any atom is -0.497 e. The van der Waals surface area contributed by atoms with Crippen molar-refractivity contribution in [2.75, 3.05) is 26.7 Å². The monoisotopic (exact) mass is 302 g/mol. The van der Waals surface area contributed by atoms with Crippen molar-refractivity contribution < 1.29 is 9.84 Å². The highest BCUT2D eigenvalue weighted by atomic mass is 16.5. The van der Waals surface area contributed by atoms with E-state index >= 15 is 0 Å². The van der Waals surface area contributed by atoms with Crippen LogP contribution in [0.25, 0.3) is 11.3 Å². The van der Waals surface area contributed by atoms with Gasteiger partial charge >= 0.3 is 0 Å². The van der Waals surface area contributed by atoms with Crippen molar-refractivity contribution in [3.8, 4) is 17.0 Å². The molecule has 6 heteroatoms. The summed E-state index contributed by atoms with van der Waals surface area (Å²) in [4.78, 5) is 2.44. The van der Waals surface area contributed by atoms with Crippen molar-refractivity contribution in [1.82, 2.24) is 19.9 Å². The van der Waals surface area contributed by atoms with Crippen LogP contribution in [0, 0.1) is 0 Å². The van der Waals surface area contributed by atoms with Gasteiger partial charge in [-0.3, -0.25) is 0 Å². The number of methoxy groups -OCH3 is 1. The van der Waals surface area contributed by atoms with Gasteiger partial charge in [0, 0.05) is 12.1 Å². The van der Waals surface area contributed by atoms with E-state index < -0.39 is 0 Å². The molecule has 0 unspecified atom stereocenters. The van der Waals surface area contributed by atoms with E-state index in [0.29, 0.717) is 5.69 Å². The molecule has 0 atom stereocenters. The van der Waals surface area contributed by atoms with E-state index in [9.17, 15) is 5.11 Å². The number of aliphatic hydroxyl groups excluding tert-OH is 1. The second kappa shape index (κ2) is 6.89. The molecule has 0 amide bonds. The van der Waals surface area contributed by atoms with Gasteiger partial charge in [0.25, 0.3) is 0 Å². The molecule has 22 heavy (non-hydrogen) atoms. The highest BCUT2D eigenvalue weighted by Gasteiger charge is 2.16. The average molecular weight is 302 g/mol. The van der Waals surface area contributed by atoms with Crippen LogP contribution in [0.5, 0.6) is 5.75 Å². The largest absolute Gasteiger partial charge is 0.497 e. The Kier molecular flexibility index (Phi) is 4.70. The third-order valence-electron chi connectivity index (χ3n) is 4.14. The van der Waals surface area contributed by atoms with Crippen LogP contribution in [0.4, 0.5) is 0 Å². The van der Waals surface area contributed by atoms with Crippen LogP contribution in [0.15, 0.2) is 24.3 Å². The summed E-state index contributed by atoms with van der Waals surface area (Å²) >= 11 is 0. The summed E-state index contributed by atoms with van der Waals surface area (Å²) in [5.41, 5.74) is 2.51. The lowest BCUT2D eigenvalue weighted by atomic mass is 10.1. The van der Waals surface area contributed by atoms with E-state index in [-0.39, 0.29) is 6.61 Å². The zero-order valence-electron chi connectivity index (χ0n) is 12.9. The van der Waals surface area contributed by atoms with E-state index in [1.54, 1.807) is 7.11 Å². The Balaban J connectivity index is 1.82. The van der Waals surface area contributed by atoms with E-state index in [1.807, 2.05) is 28.9 Å². The van der Waals surface area contributed by atoms with Gasteiger partial charge < -0.3 is 14.7 Å². The Hall–Kier alpha value is -1.92. The summed E-state index contributed by atoms with van der Waals surface area (Å²) in [6, 6.07) is 7.77. The molecule has 1 N–H and O–H groups in total. The Morgan fingerprint density at radius 3 is 2.50 bits per heavy atom. The van der Waals surface area contributed by atoms with Crippen molar-refractivity contribution in [2.45, 2.75) is 26.0 Å². The molecule has 0 radical (unpaired) electrons. The molecule has 0 aliphatic carbocycles. The summed E-state index contributed by atoms with van der Waals surface area (Å²) in [7, 11) is 1.65. The molecular formula is C16H22N4O2. The lowest BCUT2D eigenvalue weighted by molar-refractivity contribution is 0.277. The van der Waals surface area contributed by atoms with Gasteiger partial charge in [-0.25, -0.2) is 4.68 Å². The number of aromatic nitrogens is 3. The van der Waals surface area contributed by atoms with Gasteiger partial charge in [0.15, 0.2) is 0 Å². The second-order valence-corrected chi connectivity index (χ2v) is 5.54. The number of likely N-dealkylation sites (tertiary alicyclic amines) is 1. The minimum absolute atomic E-state index is 0.106. The number of hydrogen-bond donors (Lipinski definition) is 1. The molecule has 1 saturated heterocycles. The van der Waals surface area contributed by atoms with E-state index in [0.717, 1.165) is 30.1 Å². The smallest absolute Gasteiger partial charge is 0.118 e. The summed E-state index contributed by atoms with van der Waals surface area (Å²) in [6.45, 7) is 3.98. The molecule has 1 aliphatic heterocycles. The summed E-state index contributed by atoms with van der Waals surface area (Å²) < 4.78 is 7.09. The Bertz CT molecular complexity index is 603. The van der Waals surface area contributed by atoms with Crippen molar-refractivity contribution in [2.24, 2.45) is 0 Å². The lowest BCUT2D eigenvalue weighted by Crippen LogP contribution is -2.24. The van der Waals surface area contributed by atoms with Crippen LogP contribution in [0.3, 0.4) is 0 Å². The van der Waals surface area contributed by atoms with Crippen molar-refractivity contribution in [3.63, 3.8) is 0 Å². The van der Waals surface area contributed by atoms with Crippen molar-refractivity contribution in [1.29, 1.82) is 0 Å². The van der Waals surface area contributed by atoms with Crippen LogP contribution in [-0.2, 0) is 13.2 Å². The number of ether oxygens (including phenoxy) is 1. The molecule has 1 aliphatic rings. The molecule has 2 heterocycles. The molecule has 1 fully saturated rings. The maximum atomic E-state index is 9.52. The first-order valence-electron chi connectivity index (χ1n) is 7.72. The summed E-state index contributed by atoms with van der Waals surface area (Å²) in [5.74, 6) is 0.811. The molecule has 2 aromatic rings. The number of benzene rings is 1. The standard InChI is InChI=1S/C16H22N4O2/c1-22-14-6-4-13(5-7-14)16-15(12-21)17-18-20(16)11-10-19-8-2-3-9-19/h4-7,21H,2-3,8-12H2,1H3. The maximum absolute atomic E-state index is 9.52. The Morgan fingerprint density at radius 1 is 1.14 bits per heavy atom.